The molecule has 3 rings (SSSR count). The quantitative estimate of drug-likeness (QED) is 0.930. The molecule has 2 N–H and O–H groups in total. The summed E-state index contributed by atoms with van der Waals surface area (Å²) >= 11 is 0. The molecule has 0 aliphatic carbocycles. The first-order valence-corrected chi connectivity index (χ1v) is 6.85. The maximum atomic E-state index is 13.8. The molecule has 1 unspecified atom stereocenters. The number of ether oxygens (including phenoxy) is 1. The van der Waals surface area contributed by atoms with E-state index in [-0.39, 0.29) is 5.82 Å². The summed E-state index contributed by atoms with van der Waals surface area (Å²) in [5.74, 6) is 0.673. The van der Waals surface area contributed by atoms with Gasteiger partial charge in [0.25, 0.3) is 0 Å². The molecule has 2 aromatic carbocycles. The largest absolute Gasteiger partial charge is 0.493 e. The van der Waals surface area contributed by atoms with Crippen molar-refractivity contribution in [3.63, 3.8) is 0 Å². The van der Waals surface area contributed by atoms with Gasteiger partial charge in [-0.15, -0.1) is 0 Å². The highest BCUT2D eigenvalue weighted by Gasteiger charge is 2.29. The van der Waals surface area contributed by atoms with Crippen LogP contribution in [0.15, 0.2) is 42.5 Å². The lowest BCUT2D eigenvalue weighted by atomic mass is 9.85. The lowest BCUT2D eigenvalue weighted by molar-refractivity contribution is 0.341. The molecule has 0 spiro atoms. The van der Waals surface area contributed by atoms with Gasteiger partial charge in [-0.1, -0.05) is 36.4 Å². The van der Waals surface area contributed by atoms with Crippen molar-refractivity contribution >= 4 is 0 Å². The first-order chi connectivity index (χ1) is 9.58. The van der Waals surface area contributed by atoms with E-state index in [2.05, 4.69) is 6.07 Å². The van der Waals surface area contributed by atoms with Crippen LogP contribution in [-0.2, 0) is 18.4 Å². The summed E-state index contributed by atoms with van der Waals surface area (Å²) in [6.07, 6.45) is 1.36. The third-order valence-electron chi connectivity index (χ3n) is 3.85. The van der Waals surface area contributed by atoms with Crippen LogP contribution in [0, 0.1) is 5.82 Å². The SMILES string of the molecule is CC(N)(Cc1ccccc1F)c1cccc2c1OCC2. The Labute approximate surface area is 118 Å². The molecule has 0 saturated heterocycles. The fourth-order valence-corrected chi connectivity index (χ4v) is 2.80. The van der Waals surface area contributed by atoms with Gasteiger partial charge in [0.15, 0.2) is 0 Å². The highest BCUT2D eigenvalue weighted by atomic mass is 19.1. The van der Waals surface area contributed by atoms with E-state index in [1.807, 2.05) is 25.1 Å². The Hall–Kier alpha value is -1.87. The minimum Gasteiger partial charge on any atom is -0.493 e. The van der Waals surface area contributed by atoms with E-state index in [1.165, 1.54) is 11.6 Å². The van der Waals surface area contributed by atoms with Crippen molar-refractivity contribution in [3.8, 4) is 5.75 Å². The van der Waals surface area contributed by atoms with Crippen LogP contribution in [0.3, 0.4) is 0 Å². The molecule has 0 aromatic heterocycles. The van der Waals surface area contributed by atoms with E-state index in [1.54, 1.807) is 12.1 Å². The molecular formula is C17H18FNO. The molecule has 20 heavy (non-hydrogen) atoms. The van der Waals surface area contributed by atoms with Crippen LogP contribution in [0.4, 0.5) is 4.39 Å². The minimum atomic E-state index is -0.655. The molecule has 1 atom stereocenters. The first kappa shape index (κ1) is 13.1. The van der Waals surface area contributed by atoms with E-state index in [0.29, 0.717) is 18.6 Å². The summed E-state index contributed by atoms with van der Waals surface area (Å²) in [5, 5.41) is 0. The monoisotopic (exact) mass is 271 g/mol. The Bertz CT molecular complexity index is 637. The molecule has 3 heteroatoms. The van der Waals surface area contributed by atoms with E-state index in [4.69, 9.17) is 10.5 Å². The second-order valence-electron chi connectivity index (χ2n) is 5.58. The van der Waals surface area contributed by atoms with Gasteiger partial charge in [-0.05, 0) is 30.5 Å². The molecule has 0 radical (unpaired) electrons. The van der Waals surface area contributed by atoms with Crippen molar-refractivity contribution < 1.29 is 9.13 Å². The van der Waals surface area contributed by atoms with Crippen LogP contribution >= 0.6 is 0 Å². The van der Waals surface area contributed by atoms with E-state index in [9.17, 15) is 4.39 Å². The van der Waals surface area contributed by atoms with Crippen LogP contribution in [0.5, 0.6) is 5.75 Å². The zero-order valence-electron chi connectivity index (χ0n) is 11.5. The molecule has 104 valence electrons. The van der Waals surface area contributed by atoms with Crippen LogP contribution in [0.1, 0.15) is 23.6 Å². The lowest BCUT2D eigenvalue weighted by Crippen LogP contribution is -2.36. The van der Waals surface area contributed by atoms with Gasteiger partial charge in [0.1, 0.15) is 11.6 Å². The molecule has 2 aromatic rings. The number of hydrogen-bond acceptors (Lipinski definition) is 2. The molecule has 0 saturated carbocycles. The summed E-state index contributed by atoms with van der Waals surface area (Å²) < 4.78 is 19.5. The van der Waals surface area contributed by atoms with Crippen molar-refractivity contribution in [2.45, 2.75) is 25.3 Å². The van der Waals surface area contributed by atoms with Crippen LogP contribution < -0.4 is 10.5 Å². The van der Waals surface area contributed by atoms with E-state index >= 15 is 0 Å². The summed E-state index contributed by atoms with van der Waals surface area (Å²) in [7, 11) is 0. The number of para-hydroxylation sites is 1. The topological polar surface area (TPSA) is 35.2 Å². The number of rotatable bonds is 3. The highest BCUT2D eigenvalue weighted by molar-refractivity contribution is 5.48. The zero-order chi connectivity index (χ0) is 14.2. The van der Waals surface area contributed by atoms with Crippen LogP contribution in [0.25, 0.3) is 0 Å². The molecule has 0 amide bonds. The van der Waals surface area contributed by atoms with Gasteiger partial charge in [0.05, 0.1) is 6.61 Å². The van der Waals surface area contributed by atoms with Crippen molar-refractivity contribution in [2.75, 3.05) is 6.61 Å². The average molecular weight is 271 g/mol. The van der Waals surface area contributed by atoms with E-state index in [0.717, 1.165) is 17.7 Å². The Kier molecular flexibility index (Phi) is 3.22. The lowest BCUT2D eigenvalue weighted by Gasteiger charge is -2.27. The van der Waals surface area contributed by atoms with Gasteiger partial charge >= 0.3 is 0 Å². The number of hydrogen-bond donors (Lipinski definition) is 1. The third kappa shape index (κ3) is 2.29. The number of benzene rings is 2. The molecule has 0 fully saturated rings. The Morgan fingerprint density at radius 1 is 1.20 bits per heavy atom. The van der Waals surface area contributed by atoms with Crippen molar-refractivity contribution in [1.82, 2.24) is 0 Å². The molecule has 1 heterocycles. The van der Waals surface area contributed by atoms with Crippen molar-refractivity contribution in [2.24, 2.45) is 5.73 Å². The maximum Gasteiger partial charge on any atom is 0.127 e. The number of nitrogens with two attached hydrogens (primary N) is 1. The van der Waals surface area contributed by atoms with Gasteiger partial charge < -0.3 is 10.5 Å². The van der Waals surface area contributed by atoms with Gasteiger partial charge in [-0.25, -0.2) is 4.39 Å². The Morgan fingerprint density at radius 2 is 2.00 bits per heavy atom. The van der Waals surface area contributed by atoms with E-state index < -0.39 is 5.54 Å². The highest BCUT2D eigenvalue weighted by Crippen LogP contribution is 2.36. The first-order valence-electron chi connectivity index (χ1n) is 6.85. The molecule has 2 nitrogen and oxygen atoms in total. The predicted molar refractivity (Wildman–Crippen MR) is 77.3 cm³/mol. The second-order valence-corrected chi connectivity index (χ2v) is 5.58. The average Bonchev–Trinajstić information content (AvgIpc) is 2.89. The predicted octanol–water partition coefficient (Wildman–Crippen LogP) is 3.18. The summed E-state index contributed by atoms with van der Waals surface area (Å²) in [6.45, 7) is 2.62. The molecular weight excluding hydrogens is 253 g/mol. The normalized spacial score (nSPS) is 16.4. The number of fused-ring (bicyclic) bond motifs is 1. The molecule has 0 bridgehead atoms. The standard InChI is InChI=1S/C17H18FNO/c1-17(19,11-13-5-2-3-8-15(13)18)14-7-4-6-12-9-10-20-16(12)14/h2-8H,9-11,19H2,1H3. The summed E-state index contributed by atoms with van der Waals surface area (Å²) in [6, 6.07) is 12.8. The minimum absolute atomic E-state index is 0.210. The fraction of sp³-hybridized carbons (Fsp3) is 0.294. The Morgan fingerprint density at radius 3 is 2.80 bits per heavy atom. The van der Waals surface area contributed by atoms with Crippen LogP contribution in [0.2, 0.25) is 0 Å². The molecule has 1 aliphatic heterocycles. The third-order valence-corrected chi connectivity index (χ3v) is 3.85. The summed E-state index contributed by atoms with van der Waals surface area (Å²) in [4.78, 5) is 0. The molecule has 1 aliphatic rings. The smallest absolute Gasteiger partial charge is 0.127 e. The Balaban J connectivity index is 1.97. The van der Waals surface area contributed by atoms with Crippen LogP contribution in [-0.4, -0.2) is 6.61 Å². The van der Waals surface area contributed by atoms with Gasteiger partial charge in [-0.3, -0.25) is 0 Å². The second kappa shape index (κ2) is 4.91. The van der Waals surface area contributed by atoms with Gasteiger partial charge in [0.2, 0.25) is 0 Å². The van der Waals surface area contributed by atoms with Crippen molar-refractivity contribution in [1.29, 1.82) is 0 Å². The number of halogens is 1. The maximum absolute atomic E-state index is 13.8. The van der Waals surface area contributed by atoms with Gasteiger partial charge in [-0.2, -0.15) is 0 Å². The fourth-order valence-electron chi connectivity index (χ4n) is 2.80. The van der Waals surface area contributed by atoms with Crippen molar-refractivity contribution in [3.05, 3.63) is 65.0 Å². The van der Waals surface area contributed by atoms with Gasteiger partial charge in [0, 0.05) is 17.5 Å². The zero-order valence-corrected chi connectivity index (χ0v) is 11.5. The summed E-state index contributed by atoms with van der Waals surface area (Å²) in [5.41, 5.74) is 8.59.